The molecule has 1 amide bonds. The van der Waals surface area contributed by atoms with Crippen LogP contribution in [-0.2, 0) is 9.47 Å². The fourth-order valence-electron chi connectivity index (χ4n) is 4.67. The highest BCUT2D eigenvalue weighted by Crippen LogP contribution is 2.66. The summed E-state index contributed by atoms with van der Waals surface area (Å²) in [5.41, 5.74) is 1.45. The van der Waals surface area contributed by atoms with Gasteiger partial charge in [0.25, 0.3) is 0 Å². The monoisotopic (exact) mass is 360 g/mol. The van der Waals surface area contributed by atoms with Gasteiger partial charge in [-0.15, -0.1) is 0 Å². The Morgan fingerprint density at radius 3 is 2.54 bits per heavy atom. The Bertz CT molecular complexity index is 605. The summed E-state index contributed by atoms with van der Waals surface area (Å²) >= 11 is 0. The molecule has 0 aliphatic heterocycles. The third-order valence-electron chi connectivity index (χ3n) is 6.84. The van der Waals surface area contributed by atoms with Crippen LogP contribution >= 0.6 is 0 Å². The topological polar surface area (TPSA) is 59.6 Å². The van der Waals surface area contributed by atoms with Crippen LogP contribution in [0.4, 0.5) is 10.5 Å². The summed E-state index contributed by atoms with van der Waals surface area (Å²) < 4.78 is 11.4. The fourth-order valence-corrected chi connectivity index (χ4v) is 4.67. The van der Waals surface area contributed by atoms with Crippen LogP contribution in [0.15, 0.2) is 30.3 Å². The molecular formula is C21H32N2O3. The smallest absolute Gasteiger partial charge is 0.411 e. The zero-order valence-electron chi connectivity index (χ0n) is 16.2. The van der Waals surface area contributed by atoms with Crippen LogP contribution in [-0.4, -0.2) is 38.5 Å². The average molecular weight is 360 g/mol. The number of amides is 1. The van der Waals surface area contributed by atoms with Gasteiger partial charge in [-0.05, 0) is 48.1 Å². The third-order valence-corrected chi connectivity index (χ3v) is 6.84. The second kappa shape index (κ2) is 7.97. The van der Waals surface area contributed by atoms with E-state index in [0.29, 0.717) is 36.7 Å². The summed E-state index contributed by atoms with van der Waals surface area (Å²) in [5.74, 6) is 0.807. The van der Waals surface area contributed by atoms with Gasteiger partial charge >= 0.3 is 6.09 Å². The van der Waals surface area contributed by atoms with Crippen molar-refractivity contribution in [1.29, 1.82) is 0 Å². The van der Waals surface area contributed by atoms with Gasteiger partial charge in [0.1, 0.15) is 6.61 Å². The lowest BCUT2D eigenvalue weighted by Gasteiger charge is -2.38. The number of hydrogen-bond acceptors (Lipinski definition) is 4. The number of nitrogens with one attached hydrogen (secondary N) is 2. The molecule has 1 aromatic rings. The molecule has 144 valence electrons. The average Bonchev–Trinajstić information content (AvgIpc) is 2.95. The predicted octanol–water partition coefficient (Wildman–Crippen LogP) is 4.06. The largest absolute Gasteiger partial charge is 0.448 e. The first-order valence-corrected chi connectivity index (χ1v) is 9.74. The highest BCUT2D eigenvalue weighted by atomic mass is 16.5. The maximum Gasteiger partial charge on any atom is 0.411 e. The van der Waals surface area contributed by atoms with E-state index in [1.54, 1.807) is 0 Å². The molecule has 1 aromatic carbocycles. The van der Waals surface area contributed by atoms with Crippen molar-refractivity contribution >= 4 is 11.8 Å². The van der Waals surface area contributed by atoms with Crippen LogP contribution in [0.1, 0.15) is 40.0 Å². The highest BCUT2D eigenvalue weighted by Gasteiger charge is 2.61. The Balaban J connectivity index is 1.25. The van der Waals surface area contributed by atoms with E-state index >= 15 is 0 Å². The summed E-state index contributed by atoms with van der Waals surface area (Å²) in [5, 5.41) is 5.97. The van der Waals surface area contributed by atoms with Gasteiger partial charge in [-0.1, -0.05) is 39.0 Å². The first-order valence-electron chi connectivity index (χ1n) is 9.74. The van der Waals surface area contributed by atoms with Crippen molar-refractivity contribution in [2.75, 3.05) is 31.6 Å². The first kappa shape index (κ1) is 19.2. The third kappa shape index (κ3) is 3.89. The minimum atomic E-state index is -0.425. The second-order valence-corrected chi connectivity index (χ2v) is 8.35. The number of ether oxygens (including phenoxy) is 2. The Morgan fingerprint density at radius 2 is 1.88 bits per heavy atom. The number of para-hydroxylation sites is 1. The van der Waals surface area contributed by atoms with Gasteiger partial charge in [-0.3, -0.25) is 5.32 Å². The van der Waals surface area contributed by atoms with E-state index < -0.39 is 6.09 Å². The molecule has 2 N–H and O–H groups in total. The van der Waals surface area contributed by atoms with Crippen LogP contribution in [0, 0.1) is 16.7 Å². The molecule has 2 saturated carbocycles. The highest BCUT2D eigenvalue weighted by molar-refractivity contribution is 5.84. The van der Waals surface area contributed by atoms with E-state index in [-0.39, 0.29) is 0 Å². The Morgan fingerprint density at radius 1 is 1.15 bits per heavy atom. The van der Waals surface area contributed by atoms with Crippen molar-refractivity contribution in [3.63, 3.8) is 0 Å². The molecule has 5 nitrogen and oxygen atoms in total. The van der Waals surface area contributed by atoms with Gasteiger partial charge in [0.2, 0.25) is 0 Å². The standard InChI is InChI=1S/C21H32N2O3/c1-20(2)16-9-10-21(20,3)18(15-16)25-13-11-22-12-14-26-19(24)23-17-7-5-4-6-8-17/h4-8,16,18,22H,9-15H2,1-3H3,(H,23,24)/t16-,18+,21-/m1/s1. The number of fused-ring (bicyclic) bond motifs is 2. The zero-order valence-corrected chi connectivity index (χ0v) is 16.2. The van der Waals surface area contributed by atoms with Gasteiger partial charge in [0, 0.05) is 18.8 Å². The fraction of sp³-hybridized carbons (Fsp3) is 0.667. The van der Waals surface area contributed by atoms with Crippen LogP contribution in [0.5, 0.6) is 0 Å². The van der Waals surface area contributed by atoms with Crippen molar-refractivity contribution < 1.29 is 14.3 Å². The Labute approximate surface area is 156 Å². The molecule has 0 unspecified atom stereocenters. The van der Waals surface area contributed by atoms with E-state index in [2.05, 4.69) is 31.4 Å². The number of carbonyl (C=O) groups is 1. The molecule has 2 aliphatic rings. The van der Waals surface area contributed by atoms with Crippen molar-refractivity contribution in [3.8, 4) is 0 Å². The number of carbonyl (C=O) groups excluding carboxylic acids is 1. The van der Waals surface area contributed by atoms with Crippen molar-refractivity contribution in [2.45, 2.75) is 46.1 Å². The van der Waals surface area contributed by atoms with Gasteiger partial charge in [0.05, 0.1) is 12.7 Å². The van der Waals surface area contributed by atoms with Gasteiger partial charge in [-0.25, -0.2) is 4.79 Å². The maximum absolute atomic E-state index is 11.7. The molecule has 0 aromatic heterocycles. The summed E-state index contributed by atoms with van der Waals surface area (Å²) in [6.45, 7) is 9.67. The molecule has 0 saturated heterocycles. The first-order chi connectivity index (χ1) is 12.4. The molecule has 5 heteroatoms. The molecule has 3 atom stereocenters. The quantitative estimate of drug-likeness (QED) is 0.687. The lowest BCUT2D eigenvalue weighted by molar-refractivity contribution is -0.0450. The zero-order chi connectivity index (χ0) is 18.6. The summed E-state index contributed by atoms with van der Waals surface area (Å²) in [7, 11) is 0. The lowest BCUT2D eigenvalue weighted by atomic mass is 9.70. The molecule has 0 heterocycles. The molecular weight excluding hydrogens is 328 g/mol. The number of benzene rings is 1. The summed E-state index contributed by atoms with van der Waals surface area (Å²) in [6.07, 6.45) is 3.79. The van der Waals surface area contributed by atoms with E-state index in [1.165, 1.54) is 19.3 Å². The van der Waals surface area contributed by atoms with E-state index in [0.717, 1.165) is 18.2 Å². The minimum Gasteiger partial charge on any atom is -0.448 e. The maximum atomic E-state index is 11.7. The molecule has 0 spiro atoms. The van der Waals surface area contributed by atoms with Crippen LogP contribution in [0.3, 0.4) is 0 Å². The lowest BCUT2D eigenvalue weighted by Crippen LogP contribution is -2.38. The molecule has 0 radical (unpaired) electrons. The SMILES string of the molecule is CC1(C)[C@@H]2CC[C@]1(C)[C@@H](OCCNCCOC(=O)Nc1ccccc1)C2. The van der Waals surface area contributed by atoms with E-state index in [1.807, 2.05) is 30.3 Å². The van der Waals surface area contributed by atoms with Crippen molar-refractivity contribution in [2.24, 2.45) is 16.7 Å². The number of anilines is 1. The number of hydrogen-bond donors (Lipinski definition) is 2. The van der Waals surface area contributed by atoms with Crippen molar-refractivity contribution in [3.05, 3.63) is 30.3 Å². The van der Waals surface area contributed by atoms with Gasteiger partial charge < -0.3 is 14.8 Å². The van der Waals surface area contributed by atoms with E-state index in [9.17, 15) is 4.79 Å². The number of rotatable bonds is 8. The van der Waals surface area contributed by atoms with Gasteiger partial charge in [-0.2, -0.15) is 0 Å². The normalized spacial score (nSPS) is 28.9. The van der Waals surface area contributed by atoms with Crippen LogP contribution in [0.25, 0.3) is 0 Å². The van der Waals surface area contributed by atoms with Crippen molar-refractivity contribution in [1.82, 2.24) is 5.32 Å². The van der Waals surface area contributed by atoms with Gasteiger partial charge in [0.15, 0.2) is 0 Å². The molecule has 2 bridgehead atoms. The molecule has 3 rings (SSSR count). The molecule has 26 heavy (non-hydrogen) atoms. The van der Waals surface area contributed by atoms with Crippen LogP contribution < -0.4 is 10.6 Å². The minimum absolute atomic E-state index is 0.316. The summed E-state index contributed by atoms with van der Waals surface area (Å²) in [4.78, 5) is 11.7. The molecule has 2 fully saturated rings. The second-order valence-electron chi connectivity index (χ2n) is 8.35. The Hall–Kier alpha value is -1.59. The predicted molar refractivity (Wildman–Crippen MR) is 103 cm³/mol. The molecule has 2 aliphatic carbocycles. The Kier molecular flexibility index (Phi) is 5.88. The van der Waals surface area contributed by atoms with Crippen LogP contribution in [0.2, 0.25) is 0 Å². The summed E-state index contributed by atoms with van der Waals surface area (Å²) in [6, 6.07) is 9.30. The van der Waals surface area contributed by atoms with E-state index in [4.69, 9.17) is 9.47 Å².